The van der Waals surface area contributed by atoms with Gasteiger partial charge in [0, 0.05) is 12.2 Å². The second-order valence-corrected chi connectivity index (χ2v) is 3.19. The van der Waals surface area contributed by atoms with Gasteiger partial charge in [-0.1, -0.05) is 0 Å². The molecule has 0 aliphatic rings. The number of aliphatic hydroxyl groups excluding tert-OH is 2. The van der Waals surface area contributed by atoms with Crippen molar-refractivity contribution in [2.24, 2.45) is 0 Å². The number of hydrogen-bond acceptors (Lipinski definition) is 6. The first kappa shape index (κ1) is 14.6. The summed E-state index contributed by atoms with van der Waals surface area (Å²) in [5, 5.41) is 17.2. The molecule has 2 unspecified atom stereocenters. The zero-order chi connectivity index (χ0) is 12.6. The fraction of sp³-hybridized carbons (Fsp3) is 0.600. The van der Waals surface area contributed by atoms with Crippen LogP contribution in [-0.4, -0.2) is 47.6 Å². The lowest BCUT2D eigenvalue weighted by Gasteiger charge is -2.08. The molecule has 0 radical (unpaired) electrons. The van der Waals surface area contributed by atoms with Gasteiger partial charge in [0.1, 0.15) is 12.2 Å². The average molecular weight is 232 g/mol. The Morgan fingerprint density at radius 3 is 1.56 bits per heavy atom. The van der Waals surface area contributed by atoms with Gasteiger partial charge in [0.15, 0.2) is 0 Å². The molecule has 0 fully saturated rings. The SMILES string of the molecule is CC(CO)OC(=O)/C=C\C(=O)OC(C)CO. The molecule has 0 aromatic rings. The van der Waals surface area contributed by atoms with E-state index in [-0.39, 0.29) is 13.2 Å². The Labute approximate surface area is 93.5 Å². The van der Waals surface area contributed by atoms with Crippen molar-refractivity contribution < 1.29 is 29.3 Å². The molecule has 92 valence electrons. The van der Waals surface area contributed by atoms with E-state index in [1.807, 2.05) is 0 Å². The molecule has 0 bridgehead atoms. The summed E-state index contributed by atoms with van der Waals surface area (Å²) in [6.45, 7) is 2.45. The van der Waals surface area contributed by atoms with Gasteiger partial charge < -0.3 is 19.7 Å². The summed E-state index contributed by atoms with van der Waals surface area (Å²) in [5.74, 6) is -1.48. The fourth-order valence-corrected chi connectivity index (χ4v) is 0.686. The maximum Gasteiger partial charge on any atom is 0.331 e. The van der Waals surface area contributed by atoms with Gasteiger partial charge in [0.2, 0.25) is 0 Å². The third kappa shape index (κ3) is 6.97. The van der Waals surface area contributed by atoms with Crippen molar-refractivity contribution in [2.45, 2.75) is 26.1 Å². The van der Waals surface area contributed by atoms with Crippen LogP contribution in [0.25, 0.3) is 0 Å². The molecule has 2 N–H and O–H groups in total. The third-order valence-electron chi connectivity index (χ3n) is 1.50. The number of aliphatic hydroxyl groups is 2. The highest BCUT2D eigenvalue weighted by Crippen LogP contribution is 1.94. The van der Waals surface area contributed by atoms with E-state index in [1.54, 1.807) is 0 Å². The fourth-order valence-electron chi connectivity index (χ4n) is 0.686. The number of ether oxygens (including phenoxy) is 2. The molecule has 0 saturated heterocycles. The van der Waals surface area contributed by atoms with Crippen molar-refractivity contribution in [2.75, 3.05) is 13.2 Å². The predicted octanol–water partition coefficient (Wildman–Crippen LogP) is -0.609. The maximum absolute atomic E-state index is 11.0. The van der Waals surface area contributed by atoms with Gasteiger partial charge in [0.25, 0.3) is 0 Å². The van der Waals surface area contributed by atoms with Crippen LogP contribution in [0.2, 0.25) is 0 Å². The van der Waals surface area contributed by atoms with Gasteiger partial charge in [0.05, 0.1) is 13.2 Å². The minimum absolute atomic E-state index is 0.286. The van der Waals surface area contributed by atoms with Crippen molar-refractivity contribution in [3.63, 3.8) is 0 Å². The van der Waals surface area contributed by atoms with Crippen LogP contribution in [0, 0.1) is 0 Å². The third-order valence-corrected chi connectivity index (χ3v) is 1.50. The van der Waals surface area contributed by atoms with E-state index in [4.69, 9.17) is 10.2 Å². The van der Waals surface area contributed by atoms with Gasteiger partial charge in [-0.2, -0.15) is 0 Å². The van der Waals surface area contributed by atoms with E-state index in [1.165, 1.54) is 13.8 Å². The summed E-state index contributed by atoms with van der Waals surface area (Å²) >= 11 is 0. The Bertz CT molecular complexity index is 234. The molecule has 2 atom stereocenters. The van der Waals surface area contributed by atoms with E-state index >= 15 is 0 Å². The highest BCUT2D eigenvalue weighted by molar-refractivity contribution is 5.91. The maximum atomic E-state index is 11.0. The van der Waals surface area contributed by atoms with E-state index in [9.17, 15) is 9.59 Å². The number of carbonyl (C=O) groups excluding carboxylic acids is 2. The highest BCUT2D eigenvalue weighted by atomic mass is 16.6. The van der Waals surface area contributed by atoms with Gasteiger partial charge in [-0.05, 0) is 13.8 Å². The summed E-state index contributed by atoms with van der Waals surface area (Å²) < 4.78 is 9.30. The summed E-state index contributed by atoms with van der Waals surface area (Å²) in [4.78, 5) is 22.0. The molecule has 0 heterocycles. The lowest BCUT2D eigenvalue weighted by Crippen LogP contribution is -2.18. The first-order valence-corrected chi connectivity index (χ1v) is 4.80. The highest BCUT2D eigenvalue weighted by Gasteiger charge is 2.07. The first-order valence-electron chi connectivity index (χ1n) is 4.80. The van der Waals surface area contributed by atoms with Gasteiger partial charge in [-0.15, -0.1) is 0 Å². The molecule has 0 rings (SSSR count). The topological polar surface area (TPSA) is 93.1 Å². The van der Waals surface area contributed by atoms with E-state index in [0.29, 0.717) is 0 Å². The molecule has 0 spiro atoms. The monoisotopic (exact) mass is 232 g/mol. The molecule has 0 amide bonds. The largest absolute Gasteiger partial charge is 0.457 e. The molecule has 0 aliphatic heterocycles. The second-order valence-electron chi connectivity index (χ2n) is 3.19. The Morgan fingerprint density at radius 1 is 1.00 bits per heavy atom. The van der Waals surface area contributed by atoms with E-state index in [2.05, 4.69) is 9.47 Å². The van der Waals surface area contributed by atoms with Crippen LogP contribution >= 0.6 is 0 Å². The average Bonchev–Trinajstić information content (AvgIpc) is 2.26. The van der Waals surface area contributed by atoms with Crippen molar-refractivity contribution in [3.8, 4) is 0 Å². The predicted molar refractivity (Wildman–Crippen MR) is 54.4 cm³/mol. The van der Waals surface area contributed by atoms with Crippen LogP contribution in [0.5, 0.6) is 0 Å². The normalized spacial score (nSPS) is 14.5. The number of esters is 2. The van der Waals surface area contributed by atoms with Crippen LogP contribution in [0.1, 0.15) is 13.8 Å². The Morgan fingerprint density at radius 2 is 1.31 bits per heavy atom. The summed E-state index contributed by atoms with van der Waals surface area (Å²) in [6, 6.07) is 0. The zero-order valence-corrected chi connectivity index (χ0v) is 9.25. The van der Waals surface area contributed by atoms with E-state index < -0.39 is 24.1 Å². The Kier molecular flexibility index (Phi) is 7.15. The zero-order valence-electron chi connectivity index (χ0n) is 9.25. The number of rotatable bonds is 6. The molecule has 0 saturated carbocycles. The molecule has 0 aromatic heterocycles. The molecule has 0 aromatic carbocycles. The van der Waals surface area contributed by atoms with Gasteiger partial charge >= 0.3 is 11.9 Å². The minimum atomic E-state index is -0.741. The van der Waals surface area contributed by atoms with Crippen LogP contribution in [0.3, 0.4) is 0 Å². The Hall–Kier alpha value is -1.40. The second kappa shape index (κ2) is 7.84. The molecule has 16 heavy (non-hydrogen) atoms. The molecular weight excluding hydrogens is 216 g/mol. The quantitative estimate of drug-likeness (QED) is 0.469. The van der Waals surface area contributed by atoms with Crippen LogP contribution in [-0.2, 0) is 19.1 Å². The first-order chi connectivity index (χ1) is 7.49. The number of hydrogen-bond donors (Lipinski definition) is 2. The van der Waals surface area contributed by atoms with Crippen LogP contribution in [0.15, 0.2) is 12.2 Å². The van der Waals surface area contributed by atoms with Gasteiger partial charge in [-0.25, -0.2) is 9.59 Å². The van der Waals surface area contributed by atoms with E-state index in [0.717, 1.165) is 12.2 Å². The molecule has 6 nitrogen and oxygen atoms in total. The Balaban J connectivity index is 3.98. The van der Waals surface area contributed by atoms with Crippen molar-refractivity contribution in [1.29, 1.82) is 0 Å². The molecule has 0 aliphatic carbocycles. The lowest BCUT2D eigenvalue weighted by molar-refractivity contribution is -0.146. The van der Waals surface area contributed by atoms with Crippen molar-refractivity contribution >= 4 is 11.9 Å². The summed E-state index contributed by atoms with van der Waals surface area (Å²) in [6.07, 6.45) is 0.561. The van der Waals surface area contributed by atoms with Crippen LogP contribution in [0.4, 0.5) is 0 Å². The van der Waals surface area contributed by atoms with Crippen molar-refractivity contribution in [1.82, 2.24) is 0 Å². The smallest absolute Gasteiger partial charge is 0.331 e. The standard InChI is InChI=1S/C10H16O6/c1-7(5-11)15-9(13)3-4-10(14)16-8(2)6-12/h3-4,7-8,11-12H,5-6H2,1-2H3/b4-3-. The van der Waals surface area contributed by atoms with Crippen molar-refractivity contribution in [3.05, 3.63) is 12.2 Å². The molecule has 6 heteroatoms. The van der Waals surface area contributed by atoms with Crippen LogP contribution < -0.4 is 0 Å². The summed E-state index contributed by atoms with van der Waals surface area (Å²) in [5.41, 5.74) is 0. The number of carbonyl (C=O) groups is 2. The lowest BCUT2D eigenvalue weighted by atomic mass is 10.4. The van der Waals surface area contributed by atoms with Gasteiger partial charge in [-0.3, -0.25) is 0 Å². The summed E-state index contributed by atoms with van der Waals surface area (Å²) in [7, 11) is 0. The molecular formula is C10H16O6. The minimum Gasteiger partial charge on any atom is -0.457 e.